The summed E-state index contributed by atoms with van der Waals surface area (Å²) in [5.74, 6) is -1.60. The second-order valence-corrected chi connectivity index (χ2v) is 5.62. The van der Waals surface area contributed by atoms with Gasteiger partial charge in [0.25, 0.3) is 5.91 Å². The maximum atomic E-state index is 13.5. The normalized spacial score (nSPS) is 21.0. The number of anilines is 1. The second kappa shape index (κ2) is 4.65. The molecule has 0 unspecified atom stereocenters. The van der Waals surface area contributed by atoms with Gasteiger partial charge in [0.2, 0.25) is 5.91 Å². The number of hydrogen-bond acceptors (Lipinski definition) is 3. The molecule has 110 valence electrons. The lowest BCUT2D eigenvalue weighted by molar-refractivity contribution is -0.142. The van der Waals surface area contributed by atoms with Gasteiger partial charge in [-0.2, -0.15) is 0 Å². The first-order valence-corrected chi connectivity index (χ1v) is 6.92. The Labute approximate surface area is 121 Å². The lowest BCUT2D eigenvalue weighted by Gasteiger charge is -2.37. The molecule has 0 bridgehead atoms. The van der Waals surface area contributed by atoms with Gasteiger partial charge < -0.3 is 0 Å². The van der Waals surface area contributed by atoms with Crippen molar-refractivity contribution < 1.29 is 18.8 Å². The third kappa shape index (κ3) is 1.93. The van der Waals surface area contributed by atoms with Crippen LogP contribution < -0.4 is 10.2 Å². The molecule has 1 saturated heterocycles. The smallest absolute Gasteiger partial charge is 0.276 e. The SMILES string of the molecule is Cc1ccc(F)cc1N1C(=O)NC(=O)C2(CCCC2)C1=O. The number of urea groups is 1. The van der Waals surface area contributed by atoms with Gasteiger partial charge >= 0.3 is 6.03 Å². The first kappa shape index (κ1) is 13.7. The van der Waals surface area contributed by atoms with Crippen LogP contribution in [0.15, 0.2) is 18.2 Å². The Kier molecular flexibility index (Phi) is 3.04. The fourth-order valence-corrected chi connectivity index (χ4v) is 3.14. The molecule has 1 aromatic rings. The Bertz CT molecular complexity index is 650. The topological polar surface area (TPSA) is 66.5 Å². The lowest BCUT2D eigenvalue weighted by Crippen LogP contribution is -2.63. The number of halogens is 1. The van der Waals surface area contributed by atoms with Crippen molar-refractivity contribution in [3.8, 4) is 0 Å². The van der Waals surface area contributed by atoms with E-state index in [0.717, 1.165) is 23.8 Å². The van der Waals surface area contributed by atoms with Gasteiger partial charge in [-0.3, -0.25) is 14.9 Å². The van der Waals surface area contributed by atoms with Crippen molar-refractivity contribution in [3.05, 3.63) is 29.6 Å². The van der Waals surface area contributed by atoms with Crippen molar-refractivity contribution >= 4 is 23.5 Å². The minimum absolute atomic E-state index is 0.191. The van der Waals surface area contributed by atoms with Crippen LogP contribution >= 0.6 is 0 Å². The lowest BCUT2D eigenvalue weighted by atomic mass is 9.82. The molecule has 3 rings (SSSR count). The van der Waals surface area contributed by atoms with E-state index in [1.807, 2.05) is 0 Å². The molecule has 4 amide bonds. The summed E-state index contributed by atoms with van der Waals surface area (Å²) in [5.41, 5.74) is -0.384. The van der Waals surface area contributed by atoms with E-state index in [1.165, 1.54) is 12.1 Å². The second-order valence-electron chi connectivity index (χ2n) is 5.62. The number of carbonyl (C=O) groups excluding carboxylic acids is 3. The van der Waals surface area contributed by atoms with E-state index in [2.05, 4.69) is 5.32 Å². The summed E-state index contributed by atoms with van der Waals surface area (Å²) in [5, 5.41) is 2.24. The fraction of sp³-hybridized carbons (Fsp3) is 0.400. The van der Waals surface area contributed by atoms with Crippen LogP contribution in [0, 0.1) is 18.2 Å². The highest BCUT2D eigenvalue weighted by Crippen LogP contribution is 2.43. The van der Waals surface area contributed by atoms with Gasteiger partial charge in [0.1, 0.15) is 11.2 Å². The van der Waals surface area contributed by atoms with Crippen molar-refractivity contribution in [2.24, 2.45) is 5.41 Å². The number of aryl methyl sites for hydroxylation is 1. The molecular weight excluding hydrogens is 275 g/mol. The maximum absolute atomic E-state index is 13.5. The molecule has 1 aliphatic heterocycles. The first-order chi connectivity index (χ1) is 9.95. The van der Waals surface area contributed by atoms with E-state index in [-0.39, 0.29) is 5.69 Å². The zero-order chi connectivity index (χ0) is 15.2. The van der Waals surface area contributed by atoms with Crippen molar-refractivity contribution in [2.75, 3.05) is 4.90 Å². The summed E-state index contributed by atoms with van der Waals surface area (Å²) in [6, 6.07) is 3.10. The van der Waals surface area contributed by atoms with Gasteiger partial charge in [-0.05, 0) is 37.5 Å². The highest BCUT2D eigenvalue weighted by atomic mass is 19.1. The minimum Gasteiger partial charge on any atom is -0.276 e. The number of nitrogens with zero attached hydrogens (tertiary/aromatic N) is 1. The summed E-state index contributed by atoms with van der Waals surface area (Å²) in [6.45, 7) is 1.69. The summed E-state index contributed by atoms with van der Waals surface area (Å²) >= 11 is 0. The Morgan fingerprint density at radius 1 is 1.19 bits per heavy atom. The van der Waals surface area contributed by atoms with Crippen LogP contribution in [0.4, 0.5) is 14.9 Å². The van der Waals surface area contributed by atoms with E-state index in [0.29, 0.717) is 18.4 Å². The molecule has 5 nitrogen and oxygen atoms in total. The van der Waals surface area contributed by atoms with Crippen molar-refractivity contribution in [2.45, 2.75) is 32.6 Å². The molecule has 6 heteroatoms. The predicted octanol–water partition coefficient (Wildman–Crippen LogP) is 2.28. The Hall–Kier alpha value is -2.24. The summed E-state index contributed by atoms with van der Waals surface area (Å²) in [4.78, 5) is 37.8. The molecule has 1 aromatic carbocycles. The predicted molar refractivity (Wildman–Crippen MR) is 73.1 cm³/mol. The monoisotopic (exact) mass is 290 g/mol. The number of imide groups is 2. The van der Waals surface area contributed by atoms with Gasteiger partial charge in [-0.25, -0.2) is 14.1 Å². The molecule has 0 radical (unpaired) electrons. The molecule has 1 N–H and O–H groups in total. The van der Waals surface area contributed by atoms with E-state index in [1.54, 1.807) is 6.92 Å². The molecule has 2 aliphatic rings. The standard InChI is InChI=1S/C15H15FN2O3/c1-9-4-5-10(16)8-11(9)18-13(20)15(6-2-3-7-15)12(19)17-14(18)21/h4-5,8H,2-3,6-7H2,1H3,(H,17,19,21). The fourth-order valence-electron chi connectivity index (χ4n) is 3.14. The number of amides is 4. The zero-order valence-electron chi connectivity index (χ0n) is 11.6. The molecule has 1 aliphatic carbocycles. The number of rotatable bonds is 1. The maximum Gasteiger partial charge on any atom is 0.335 e. The molecule has 1 spiro atoms. The third-order valence-electron chi connectivity index (χ3n) is 4.34. The summed E-state index contributed by atoms with van der Waals surface area (Å²) in [6.07, 6.45) is 2.39. The van der Waals surface area contributed by atoms with Crippen LogP contribution in [0.1, 0.15) is 31.2 Å². The van der Waals surface area contributed by atoms with Crippen LogP contribution in [0.5, 0.6) is 0 Å². The summed E-state index contributed by atoms with van der Waals surface area (Å²) in [7, 11) is 0. The van der Waals surface area contributed by atoms with E-state index in [9.17, 15) is 18.8 Å². The zero-order valence-corrected chi connectivity index (χ0v) is 11.6. The van der Waals surface area contributed by atoms with E-state index >= 15 is 0 Å². The van der Waals surface area contributed by atoms with Crippen molar-refractivity contribution in [3.63, 3.8) is 0 Å². The quantitative estimate of drug-likeness (QED) is 0.807. The molecule has 1 saturated carbocycles. The molecule has 21 heavy (non-hydrogen) atoms. The number of barbiturate groups is 1. The highest BCUT2D eigenvalue weighted by Gasteiger charge is 2.55. The van der Waals surface area contributed by atoms with Crippen LogP contribution in [-0.2, 0) is 9.59 Å². The number of carbonyl (C=O) groups is 3. The van der Waals surface area contributed by atoms with Crippen LogP contribution in [0.3, 0.4) is 0 Å². The Morgan fingerprint density at radius 3 is 2.52 bits per heavy atom. The summed E-state index contributed by atoms with van der Waals surface area (Å²) < 4.78 is 13.5. The number of benzene rings is 1. The molecule has 1 heterocycles. The highest BCUT2D eigenvalue weighted by molar-refractivity contribution is 6.30. The van der Waals surface area contributed by atoms with Crippen molar-refractivity contribution in [1.82, 2.24) is 5.32 Å². The van der Waals surface area contributed by atoms with Crippen LogP contribution in [0.25, 0.3) is 0 Å². The van der Waals surface area contributed by atoms with Crippen molar-refractivity contribution in [1.29, 1.82) is 0 Å². The molecule has 0 atom stereocenters. The largest absolute Gasteiger partial charge is 0.335 e. The Morgan fingerprint density at radius 2 is 1.86 bits per heavy atom. The Balaban J connectivity index is 2.09. The molecule has 2 fully saturated rings. The third-order valence-corrected chi connectivity index (χ3v) is 4.34. The number of hydrogen-bond donors (Lipinski definition) is 1. The van der Waals surface area contributed by atoms with Crippen LogP contribution in [0.2, 0.25) is 0 Å². The van der Waals surface area contributed by atoms with E-state index in [4.69, 9.17) is 0 Å². The molecular formula is C15H15FN2O3. The van der Waals surface area contributed by atoms with Gasteiger partial charge in [-0.1, -0.05) is 18.9 Å². The van der Waals surface area contributed by atoms with Crippen LogP contribution in [-0.4, -0.2) is 17.8 Å². The van der Waals surface area contributed by atoms with Gasteiger partial charge in [0.15, 0.2) is 0 Å². The number of nitrogens with one attached hydrogen (secondary N) is 1. The van der Waals surface area contributed by atoms with Gasteiger partial charge in [-0.15, -0.1) is 0 Å². The average molecular weight is 290 g/mol. The van der Waals surface area contributed by atoms with E-state index < -0.39 is 29.1 Å². The van der Waals surface area contributed by atoms with Gasteiger partial charge in [0.05, 0.1) is 5.69 Å². The average Bonchev–Trinajstić information content (AvgIpc) is 2.92. The first-order valence-electron chi connectivity index (χ1n) is 6.92. The molecule has 0 aromatic heterocycles. The van der Waals surface area contributed by atoms with Gasteiger partial charge in [0, 0.05) is 0 Å². The minimum atomic E-state index is -1.17.